The highest BCUT2D eigenvalue weighted by Crippen LogP contribution is 2.33. The standard InChI is InChI=1S/C19H32N2O3S/c1-2-3-5-8-15-11-13-17(14-12-15)25(23,24)19(21-20)18(22)16-9-6-4-7-10-16/h15-17H,2-14H2,1H3. The van der Waals surface area contributed by atoms with Crippen LogP contribution in [0.1, 0.15) is 90.4 Å². The van der Waals surface area contributed by atoms with Crippen LogP contribution in [0.15, 0.2) is 0 Å². The molecule has 0 heterocycles. The maximum absolute atomic E-state index is 12.9. The molecule has 25 heavy (non-hydrogen) atoms. The Kier molecular flexibility index (Phi) is 7.82. The first kappa shape index (κ1) is 20.3. The SMILES string of the molecule is CCCCCC1CCC(S(=O)(=O)C(=[N+]=[N-])C(=O)C2CCCCC2)CC1. The quantitative estimate of drug-likeness (QED) is 0.220. The van der Waals surface area contributed by atoms with Gasteiger partial charge in [-0.05, 0) is 44.4 Å². The summed E-state index contributed by atoms with van der Waals surface area (Å²) in [5, 5.41) is -1.14. The Bertz CT molecular complexity index is 594. The average molecular weight is 369 g/mol. The molecule has 5 nitrogen and oxygen atoms in total. The van der Waals surface area contributed by atoms with Crippen LogP contribution in [0.2, 0.25) is 0 Å². The lowest BCUT2D eigenvalue weighted by Crippen LogP contribution is -2.39. The summed E-state index contributed by atoms with van der Waals surface area (Å²) in [5.74, 6) is -0.159. The Balaban J connectivity index is 1.97. The zero-order valence-electron chi connectivity index (χ0n) is 15.5. The van der Waals surface area contributed by atoms with Crippen molar-refractivity contribution in [2.45, 2.75) is 95.6 Å². The largest absolute Gasteiger partial charge is 0.447 e. The molecule has 6 heteroatoms. The van der Waals surface area contributed by atoms with Crippen molar-refractivity contribution in [2.75, 3.05) is 0 Å². The molecule has 0 atom stereocenters. The lowest BCUT2D eigenvalue weighted by atomic mass is 9.85. The lowest BCUT2D eigenvalue weighted by Gasteiger charge is -2.27. The van der Waals surface area contributed by atoms with E-state index in [0.29, 0.717) is 31.6 Å². The van der Waals surface area contributed by atoms with Gasteiger partial charge in [-0.15, -0.1) is 4.79 Å². The van der Waals surface area contributed by atoms with Crippen molar-refractivity contribution in [3.63, 3.8) is 0 Å². The van der Waals surface area contributed by atoms with Crippen molar-refractivity contribution in [1.82, 2.24) is 0 Å². The molecule has 142 valence electrons. The number of Topliss-reactive ketones (excluding diaryl/α,β-unsaturated/α-hetero) is 1. The van der Waals surface area contributed by atoms with E-state index in [4.69, 9.17) is 0 Å². The minimum atomic E-state index is -3.82. The van der Waals surface area contributed by atoms with E-state index in [1.54, 1.807) is 0 Å². The van der Waals surface area contributed by atoms with Crippen LogP contribution in [0.25, 0.3) is 5.53 Å². The number of carbonyl (C=O) groups excluding carboxylic acids is 1. The topological polar surface area (TPSA) is 87.6 Å². The number of hydrogen-bond acceptors (Lipinski definition) is 3. The van der Waals surface area contributed by atoms with E-state index in [1.807, 2.05) is 0 Å². The Morgan fingerprint density at radius 3 is 2.20 bits per heavy atom. The number of unbranched alkanes of at least 4 members (excludes halogenated alkanes) is 2. The molecule has 0 saturated heterocycles. The minimum Gasteiger partial charge on any atom is -0.360 e. The van der Waals surface area contributed by atoms with Crippen molar-refractivity contribution in [3.8, 4) is 0 Å². The molecule has 0 unspecified atom stereocenters. The first-order valence-corrected chi connectivity index (χ1v) is 11.6. The normalized spacial score (nSPS) is 25.3. The minimum absolute atomic E-state index is 0.292. The highest BCUT2D eigenvalue weighted by Gasteiger charge is 2.45. The van der Waals surface area contributed by atoms with Crippen LogP contribution in [0, 0.1) is 11.8 Å². The Labute approximate surface area is 152 Å². The number of sulfone groups is 1. The highest BCUT2D eigenvalue weighted by molar-refractivity contribution is 8.08. The Morgan fingerprint density at radius 2 is 1.64 bits per heavy atom. The number of ketones is 1. The van der Waals surface area contributed by atoms with Gasteiger partial charge >= 0.3 is 5.04 Å². The monoisotopic (exact) mass is 368 g/mol. The number of nitrogens with zero attached hydrogens (tertiary/aromatic N) is 2. The second-order valence-electron chi connectivity index (χ2n) is 7.79. The number of rotatable bonds is 7. The van der Waals surface area contributed by atoms with Gasteiger partial charge in [0.05, 0.1) is 5.25 Å². The molecule has 0 spiro atoms. The van der Waals surface area contributed by atoms with E-state index in [-0.39, 0.29) is 5.92 Å². The molecule has 0 aromatic carbocycles. The molecule has 2 fully saturated rings. The summed E-state index contributed by atoms with van der Waals surface area (Å²) in [7, 11) is -3.82. The summed E-state index contributed by atoms with van der Waals surface area (Å²) in [6.45, 7) is 2.18. The van der Waals surface area contributed by atoms with Gasteiger partial charge in [0.1, 0.15) is 0 Å². The summed E-state index contributed by atoms with van der Waals surface area (Å²) in [6, 6.07) is 0. The molecule has 0 aliphatic heterocycles. The highest BCUT2D eigenvalue weighted by atomic mass is 32.2. The lowest BCUT2D eigenvalue weighted by molar-refractivity contribution is -0.120. The van der Waals surface area contributed by atoms with Crippen LogP contribution >= 0.6 is 0 Å². The van der Waals surface area contributed by atoms with Gasteiger partial charge < -0.3 is 5.53 Å². The van der Waals surface area contributed by atoms with E-state index in [9.17, 15) is 18.7 Å². The molecular weight excluding hydrogens is 336 g/mol. The average Bonchev–Trinajstić information content (AvgIpc) is 2.63. The molecule has 0 aromatic heterocycles. The zero-order valence-corrected chi connectivity index (χ0v) is 16.3. The summed E-state index contributed by atoms with van der Waals surface area (Å²) in [4.78, 5) is 15.6. The van der Waals surface area contributed by atoms with Gasteiger partial charge in [0.2, 0.25) is 0 Å². The third-order valence-electron chi connectivity index (χ3n) is 6.00. The Morgan fingerprint density at radius 1 is 1.00 bits per heavy atom. The molecule has 0 radical (unpaired) electrons. The van der Waals surface area contributed by atoms with E-state index >= 15 is 0 Å². The van der Waals surface area contributed by atoms with Crippen LogP contribution in [0.5, 0.6) is 0 Å². The van der Waals surface area contributed by atoms with E-state index in [0.717, 1.165) is 32.1 Å². The first-order chi connectivity index (χ1) is 12.0. The van der Waals surface area contributed by atoms with Crippen molar-refractivity contribution in [3.05, 3.63) is 5.53 Å². The van der Waals surface area contributed by atoms with Crippen molar-refractivity contribution in [2.24, 2.45) is 11.8 Å². The summed E-state index contributed by atoms with van der Waals surface area (Å²) in [5.41, 5.74) is 9.28. The molecule has 0 N–H and O–H groups in total. The molecule has 2 saturated carbocycles. The molecule has 2 rings (SSSR count). The van der Waals surface area contributed by atoms with Crippen LogP contribution in [0.3, 0.4) is 0 Å². The fourth-order valence-corrected chi connectivity index (χ4v) is 6.13. The predicted molar refractivity (Wildman–Crippen MR) is 99.0 cm³/mol. The predicted octanol–water partition coefficient (Wildman–Crippen LogP) is 4.32. The third-order valence-corrected chi connectivity index (χ3v) is 8.17. The van der Waals surface area contributed by atoms with Gasteiger partial charge in [-0.1, -0.05) is 51.9 Å². The second-order valence-corrected chi connectivity index (χ2v) is 9.93. The maximum atomic E-state index is 12.9. The molecule has 2 aliphatic rings. The van der Waals surface area contributed by atoms with Gasteiger partial charge in [-0.2, -0.15) is 0 Å². The van der Waals surface area contributed by atoms with Crippen LogP contribution in [0.4, 0.5) is 0 Å². The first-order valence-electron chi connectivity index (χ1n) is 10.0. The van der Waals surface area contributed by atoms with Gasteiger partial charge in [0.25, 0.3) is 15.6 Å². The van der Waals surface area contributed by atoms with Crippen LogP contribution < -0.4 is 0 Å². The number of hydrogen-bond donors (Lipinski definition) is 0. The smallest absolute Gasteiger partial charge is 0.360 e. The fraction of sp³-hybridized carbons (Fsp3) is 0.895. The summed E-state index contributed by atoms with van der Waals surface area (Å²) in [6.07, 6.45) is 12.1. The van der Waals surface area contributed by atoms with Crippen molar-refractivity contribution in [1.29, 1.82) is 0 Å². The van der Waals surface area contributed by atoms with Crippen LogP contribution in [-0.4, -0.2) is 29.3 Å². The van der Waals surface area contributed by atoms with Crippen molar-refractivity contribution < 1.29 is 18.0 Å². The van der Waals surface area contributed by atoms with Crippen LogP contribution in [-0.2, 0) is 14.6 Å². The van der Waals surface area contributed by atoms with E-state index in [2.05, 4.69) is 11.7 Å². The Hall–Kier alpha value is -1.00. The van der Waals surface area contributed by atoms with Crippen molar-refractivity contribution >= 4 is 20.7 Å². The molecule has 0 aromatic rings. The zero-order chi connectivity index (χ0) is 18.3. The maximum Gasteiger partial charge on any atom is 0.447 e. The van der Waals surface area contributed by atoms with Gasteiger partial charge in [-0.25, -0.2) is 8.42 Å². The second kappa shape index (κ2) is 9.63. The van der Waals surface area contributed by atoms with Gasteiger partial charge in [-0.3, -0.25) is 4.79 Å². The molecule has 0 bridgehead atoms. The van der Waals surface area contributed by atoms with E-state index < -0.39 is 25.9 Å². The molecular formula is C19H32N2O3S. The fourth-order valence-electron chi connectivity index (χ4n) is 4.36. The summed E-state index contributed by atoms with van der Waals surface area (Å²) < 4.78 is 25.7. The summed E-state index contributed by atoms with van der Waals surface area (Å²) >= 11 is 0. The third kappa shape index (κ3) is 5.24. The van der Waals surface area contributed by atoms with Gasteiger partial charge in [0, 0.05) is 5.92 Å². The molecule has 2 aliphatic carbocycles. The van der Waals surface area contributed by atoms with E-state index in [1.165, 1.54) is 25.7 Å². The number of carbonyl (C=O) groups is 1. The van der Waals surface area contributed by atoms with Gasteiger partial charge in [0.15, 0.2) is 0 Å². The molecule has 0 amide bonds.